The third-order valence-corrected chi connectivity index (χ3v) is 4.12. The molecule has 5 heteroatoms. The molecule has 0 saturated carbocycles. The number of carbonyl (C=O) groups is 2. The van der Waals surface area contributed by atoms with Crippen molar-refractivity contribution in [3.05, 3.63) is 53.3 Å². The van der Waals surface area contributed by atoms with Gasteiger partial charge in [-0.1, -0.05) is 13.8 Å². The summed E-state index contributed by atoms with van der Waals surface area (Å²) in [6, 6.07) is 7.30. The molecule has 1 atom stereocenters. The van der Waals surface area contributed by atoms with Crippen molar-refractivity contribution >= 4 is 23.2 Å². The lowest BCUT2D eigenvalue weighted by Gasteiger charge is -2.22. The van der Waals surface area contributed by atoms with Crippen molar-refractivity contribution in [3.63, 3.8) is 0 Å². The number of nitrogens with one attached hydrogen (secondary N) is 2. The van der Waals surface area contributed by atoms with Crippen LogP contribution in [0.2, 0.25) is 0 Å². The molecule has 1 aliphatic rings. The molecule has 0 bridgehead atoms. The van der Waals surface area contributed by atoms with Gasteiger partial charge in [0, 0.05) is 35.2 Å². The quantitative estimate of drug-likeness (QED) is 0.915. The van der Waals surface area contributed by atoms with Crippen LogP contribution in [0.5, 0.6) is 0 Å². The summed E-state index contributed by atoms with van der Waals surface area (Å²) in [5.74, 6) is -0.156. The van der Waals surface area contributed by atoms with E-state index in [4.69, 9.17) is 0 Å². The zero-order chi connectivity index (χ0) is 16.4. The van der Waals surface area contributed by atoms with E-state index in [1.165, 1.54) is 0 Å². The van der Waals surface area contributed by atoms with Crippen LogP contribution in [-0.2, 0) is 17.6 Å². The van der Waals surface area contributed by atoms with Crippen LogP contribution in [0.3, 0.4) is 0 Å². The van der Waals surface area contributed by atoms with Crippen LogP contribution in [-0.4, -0.2) is 16.8 Å². The van der Waals surface area contributed by atoms with Gasteiger partial charge in [-0.3, -0.25) is 14.6 Å². The Hall–Kier alpha value is -2.69. The first-order valence-electron chi connectivity index (χ1n) is 7.76. The maximum absolute atomic E-state index is 12.5. The third kappa shape index (κ3) is 3.08. The molecule has 0 aliphatic carbocycles. The lowest BCUT2D eigenvalue weighted by Crippen LogP contribution is -2.27. The van der Waals surface area contributed by atoms with Gasteiger partial charge in [0.25, 0.3) is 5.91 Å². The van der Waals surface area contributed by atoms with Crippen LogP contribution >= 0.6 is 0 Å². The second kappa shape index (κ2) is 6.20. The number of anilines is 2. The molecule has 2 heterocycles. The minimum absolute atomic E-state index is 0.0404. The van der Waals surface area contributed by atoms with Crippen LogP contribution in [0, 0.1) is 5.92 Å². The van der Waals surface area contributed by atoms with Gasteiger partial charge < -0.3 is 10.6 Å². The summed E-state index contributed by atoms with van der Waals surface area (Å²) in [7, 11) is 0. The minimum Gasteiger partial charge on any atom is -0.326 e. The van der Waals surface area contributed by atoms with E-state index >= 15 is 0 Å². The maximum Gasteiger partial charge on any atom is 0.256 e. The number of rotatable bonds is 3. The molecule has 2 aromatic rings. The highest BCUT2D eigenvalue weighted by Gasteiger charge is 2.22. The van der Waals surface area contributed by atoms with Crippen molar-refractivity contribution in [2.24, 2.45) is 5.92 Å². The molecular weight excluding hydrogens is 290 g/mol. The molecule has 23 heavy (non-hydrogen) atoms. The summed E-state index contributed by atoms with van der Waals surface area (Å²) < 4.78 is 0. The van der Waals surface area contributed by atoms with Gasteiger partial charge >= 0.3 is 0 Å². The molecule has 0 saturated heterocycles. The summed E-state index contributed by atoms with van der Waals surface area (Å²) in [6.07, 6.45) is 4.78. The topological polar surface area (TPSA) is 71.1 Å². The summed E-state index contributed by atoms with van der Waals surface area (Å²) in [6.45, 7) is 3.89. The van der Waals surface area contributed by atoms with Gasteiger partial charge in [-0.15, -0.1) is 0 Å². The number of pyridine rings is 1. The van der Waals surface area contributed by atoms with Gasteiger partial charge in [-0.2, -0.15) is 0 Å². The molecule has 2 N–H and O–H groups in total. The summed E-state index contributed by atoms with van der Waals surface area (Å²) in [5, 5.41) is 5.81. The molecular formula is C18H19N3O2. The van der Waals surface area contributed by atoms with E-state index in [1.54, 1.807) is 24.5 Å². The Labute approximate surface area is 135 Å². The number of aromatic nitrogens is 1. The van der Waals surface area contributed by atoms with E-state index in [2.05, 4.69) is 15.6 Å². The molecule has 0 fully saturated rings. The third-order valence-electron chi connectivity index (χ3n) is 4.12. The lowest BCUT2D eigenvalue weighted by atomic mass is 9.94. The monoisotopic (exact) mass is 309 g/mol. The van der Waals surface area contributed by atoms with Gasteiger partial charge in [0.2, 0.25) is 5.91 Å². The summed E-state index contributed by atoms with van der Waals surface area (Å²) in [4.78, 5) is 28.2. The van der Waals surface area contributed by atoms with E-state index in [0.717, 1.165) is 28.9 Å². The fraction of sp³-hybridized carbons (Fsp3) is 0.278. The smallest absolute Gasteiger partial charge is 0.256 e. The molecule has 0 spiro atoms. The van der Waals surface area contributed by atoms with Crippen LogP contribution < -0.4 is 10.6 Å². The highest BCUT2D eigenvalue weighted by Crippen LogP contribution is 2.28. The summed E-state index contributed by atoms with van der Waals surface area (Å²) in [5.41, 5.74) is 4.16. The second-order valence-corrected chi connectivity index (χ2v) is 5.81. The van der Waals surface area contributed by atoms with Crippen molar-refractivity contribution in [1.29, 1.82) is 0 Å². The van der Waals surface area contributed by atoms with Gasteiger partial charge in [-0.25, -0.2) is 0 Å². The maximum atomic E-state index is 12.5. The molecule has 5 nitrogen and oxygen atoms in total. The Morgan fingerprint density at radius 1 is 1.39 bits per heavy atom. The zero-order valence-corrected chi connectivity index (χ0v) is 13.2. The Bertz CT molecular complexity index is 771. The minimum atomic E-state index is -0.142. The van der Waals surface area contributed by atoms with E-state index in [1.807, 2.05) is 26.0 Å². The van der Waals surface area contributed by atoms with Crippen molar-refractivity contribution in [2.45, 2.75) is 26.7 Å². The van der Waals surface area contributed by atoms with Crippen molar-refractivity contribution in [1.82, 2.24) is 4.98 Å². The zero-order valence-electron chi connectivity index (χ0n) is 13.2. The second-order valence-electron chi connectivity index (χ2n) is 5.81. The summed E-state index contributed by atoms with van der Waals surface area (Å²) >= 11 is 0. The van der Waals surface area contributed by atoms with E-state index in [9.17, 15) is 9.59 Å². The van der Waals surface area contributed by atoms with E-state index in [-0.39, 0.29) is 17.7 Å². The number of aryl methyl sites for hydroxylation is 1. The molecule has 1 aromatic heterocycles. The largest absolute Gasteiger partial charge is 0.326 e. The number of amides is 2. The molecule has 2 amide bonds. The van der Waals surface area contributed by atoms with E-state index in [0.29, 0.717) is 12.0 Å². The van der Waals surface area contributed by atoms with Crippen LogP contribution in [0.4, 0.5) is 11.4 Å². The predicted octanol–water partition coefficient (Wildman–Crippen LogP) is 3.03. The first-order chi connectivity index (χ1) is 11.1. The highest BCUT2D eigenvalue weighted by atomic mass is 16.2. The van der Waals surface area contributed by atoms with Crippen molar-refractivity contribution in [3.8, 4) is 0 Å². The standard InChI is InChI=1S/C18H19N3O2/c1-3-12-10-19-7-6-15(12)18(23)20-14-4-5-16-13(9-14)8-11(2)17(22)21-16/h4-7,9-11H,3,8H2,1-2H3,(H,20,23)(H,21,22). The Kier molecular flexibility index (Phi) is 4.10. The van der Waals surface area contributed by atoms with Crippen LogP contribution in [0.15, 0.2) is 36.7 Å². The molecule has 1 unspecified atom stereocenters. The Balaban J connectivity index is 1.82. The predicted molar refractivity (Wildman–Crippen MR) is 89.5 cm³/mol. The number of benzene rings is 1. The average Bonchev–Trinajstić information content (AvgIpc) is 2.56. The number of carbonyl (C=O) groups excluding carboxylic acids is 2. The molecule has 3 rings (SSSR count). The molecule has 0 radical (unpaired) electrons. The molecule has 1 aromatic carbocycles. The fourth-order valence-corrected chi connectivity index (χ4v) is 2.77. The number of nitrogens with zero attached hydrogens (tertiary/aromatic N) is 1. The number of hydrogen-bond donors (Lipinski definition) is 2. The first-order valence-corrected chi connectivity index (χ1v) is 7.76. The fourth-order valence-electron chi connectivity index (χ4n) is 2.77. The highest BCUT2D eigenvalue weighted by molar-refractivity contribution is 6.05. The molecule has 1 aliphatic heterocycles. The van der Waals surface area contributed by atoms with Crippen molar-refractivity contribution in [2.75, 3.05) is 10.6 Å². The SMILES string of the molecule is CCc1cnccc1C(=O)Nc1ccc2c(c1)CC(C)C(=O)N2. The van der Waals surface area contributed by atoms with Gasteiger partial charge in [-0.05, 0) is 48.2 Å². The normalized spacial score (nSPS) is 16.4. The van der Waals surface area contributed by atoms with E-state index < -0.39 is 0 Å². The van der Waals surface area contributed by atoms with Crippen LogP contribution in [0.25, 0.3) is 0 Å². The number of fused-ring (bicyclic) bond motifs is 1. The Morgan fingerprint density at radius 3 is 3.00 bits per heavy atom. The van der Waals surface area contributed by atoms with Gasteiger partial charge in [0.05, 0.1) is 0 Å². The van der Waals surface area contributed by atoms with Gasteiger partial charge in [0.1, 0.15) is 0 Å². The first kappa shape index (κ1) is 15.2. The number of hydrogen-bond acceptors (Lipinski definition) is 3. The lowest BCUT2D eigenvalue weighted by molar-refractivity contribution is -0.119. The Morgan fingerprint density at radius 2 is 2.22 bits per heavy atom. The average molecular weight is 309 g/mol. The van der Waals surface area contributed by atoms with Crippen molar-refractivity contribution < 1.29 is 9.59 Å². The molecule has 118 valence electrons. The van der Waals surface area contributed by atoms with Gasteiger partial charge in [0.15, 0.2) is 0 Å². The van der Waals surface area contributed by atoms with Crippen LogP contribution in [0.1, 0.15) is 35.3 Å².